The molecule has 1 saturated heterocycles. The van der Waals surface area contributed by atoms with Crippen LogP contribution in [-0.2, 0) is 17.8 Å². The van der Waals surface area contributed by atoms with E-state index in [1.807, 2.05) is 36.5 Å². The number of para-hydroxylation sites is 1. The molecule has 0 unspecified atom stereocenters. The van der Waals surface area contributed by atoms with Crippen LogP contribution in [0.4, 0.5) is 0 Å². The topological polar surface area (TPSA) is 45.7 Å². The van der Waals surface area contributed by atoms with E-state index in [2.05, 4.69) is 26.9 Å². The van der Waals surface area contributed by atoms with Crippen molar-refractivity contribution < 1.29 is 9.53 Å². The summed E-state index contributed by atoms with van der Waals surface area (Å²) in [6.45, 7) is 5.03. The van der Waals surface area contributed by atoms with Gasteiger partial charge < -0.3 is 9.64 Å². The molecular formula is C22H27N3O2. The molecule has 3 heterocycles. The van der Waals surface area contributed by atoms with E-state index >= 15 is 0 Å². The zero-order valence-electron chi connectivity index (χ0n) is 15.7. The number of fused-ring (bicyclic) bond motifs is 1. The molecule has 1 aromatic heterocycles. The maximum atomic E-state index is 13.2. The molecule has 2 aliphatic heterocycles. The largest absolute Gasteiger partial charge is 0.493 e. The first-order valence-corrected chi connectivity index (χ1v) is 9.91. The summed E-state index contributed by atoms with van der Waals surface area (Å²) in [7, 11) is 0. The summed E-state index contributed by atoms with van der Waals surface area (Å²) in [4.78, 5) is 22.1. The Labute approximate surface area is 161 Å². The molecular weight excluding hydrogens is 338 g/mol. The van der Waals surface area contributed by atoms with Crippen molar-refractivity contribution in [1.82, 2.24) is 14.8 Å². The number of carbonyl (C=O) groups excluding carboxylic acids is 1. The number of aromatic nitrogens is 1. The zero-order chi connectivity index (χ0) is 18.5. The van der Waals surface area contributed by atoms with Crippen molar-refractivity contribution in [1.29, 1.82) is 0 Å². The highest BCUT2D eigenvalue weighted by Gasteiger charge is 2.28. The minimum Gasteiger partial charge on any atom is -0.493 e. The molecule has 2 aromatic rings. The van der Waals surface area contributed by atoms with Gasteiger partial charge in [0, 0.05) is 44.8 Å². The van der Waals surface area contributed by atoms with E-state index in [9.17, 15) is 4.79 Å². The van der Waals surface area contributed by atoms with Crippen molar-refractivity contribution in [3.05, 3.63) is 59.9 Å². The average Bonchev–Trinajstić information content (AvgIpc) is 3.07. The van der Waals surface area contributed by atoms with Gasteiger partial charge in [-0.25, -0.2) is 0 Å². The van der Waals surface area contributed by atoms with E-state index in [1.165, 1.54) is 0 Å². The van der Waals surface area contributed by atoms with Gasteiger partial charge in [0.15, 0.2) is 0 Å². The highest BCUT2D eigenvalue weighted by molar-refractivity contribution is 5.79. The first-order valence-electron chi connectivity index (χ1n) is 9.91. The highest BCUT2D eigenvalue weighted by Crippen LogP contribution is 2.27. The standard InChI is InChI=1S/C22H27N3O2/c26-22(19-9-15-27-21-8-2-1-6-18(21)16-19)25-12-5-11-24(13-14-25)17-20-7-3-4-10-23-20/h1-4,6-8,10,19H,5,9,11-17H2/t19-/m1/s1. The fourth-order valence-electron chi connectivity index (χ4n) is 4.03. The summed E-state index contributed by atoms with van der Waals surface area (Å²) < 4.78 is 5.84. The Balaban J connectivity index is 1.37. The Morgan fingerprint density at radius 3 is 2.85 bits per heavy atom. The molecule has 4 rings (SSSR count). The maximum absolute atomic E-state index is 13.2. The highest BCUT2D eigenvalue weighted by atomic mass is 16.5. The van der Waals surface area contributed by atoms with Crippen molar-refractivity contribution in [3.63, 3.8) is 0 Å². The van der Waals surface area contributed by atoms with Gasteiger partial charge >= 0.3 is 0 Å². The van der Waals surface area contributed by atoms with Gasteiger partial charge in [-0.05, 0) is 43.0 Å². The number of pyridine rings is 1. The van der Waals surface area contributed by atoms with Crippen LogP contribution in [0.25, 0.3) is 0 Å². The first kappa shape index (κ1) is 18.0. The van der Waals surface area contributed by atoms with Crippen molar-refractivity contribution in [2.45, 2.75) is 25.8 Å². The lowest BCUT2D eigenvalue weighted by molar-refractivity contribution is -0.135. The number of ether oxygens (including phenoxy) is 1. The van der Waals surface area contributed by atoms with Crippen LogP contribution in [0.3, 0.4) is 0 Å². The van der Waals surface area contributed by atoms with Crippen LogP contribution in [0.2, 0.25) is 0 Å². The number of benzene rings is 1. The number of amides is 1. The van der Waals surface area contributed by atoms with Gasteiger partial charge in [-0.15, -0.1) is 0 Å². The molecule has 0 N–H and O–H groups in total. The Kier molecular flexibility index (Phi) is 5.68. The molecule has 1 aromatic carbocycles. The summed E-state index contributed by atoms with van der Waals surface area (Å²) in [5.74, 6) is 1.25. The predicted molar refractivity (Wildman–Crippen MR) is 104 cm³/mol. The summed E-state index contributed by atoms with van der Waals surface area (Å²) in [5.41, 5.74) is 2.25. The monoisotopic (exact) mass is 365 g/mol. The van der Waals surface area contributed by atoms with Crippen LogP contribution >= 0.6 is 0 Å². The van der Waals surface area contributed by atoms with Crippen molar-refractivity contribution >= 4 is 5.91 Å². The molecule has 142 valence electrons. The van der Waals surface area contributed by atoms with E-state index in [0.717, 1.165) is 69.0 Å². The molecule has 0 bridgehead atoms. The SMILES string of the molecule is O=C([C@@H]1CCOc2ccccc2C1)N1CCCN(Cc2ccccn2)CC1. The van der Waals surface area contributed by atoms with Crippen LogP contribution in [0.15, 0.2) is 48.7 Å². The average molecular weight is 365 g/mol. The van der Waals surface area contributed by atoms with Crippen LogP contribution in [0.5, 0.6) is 5.75 Å². The van der Waals surface area contributed by atoms with Crippen LogP contribution in [0.1, 0.15) is 24.1 Å². The van der Waals surface area contributed by atoms with Crippen LogP contribution in [0, 0.1) is 5.92 Å². The molecule has 0 radical (unpaired) electrons. The minimum absolute atomic E-state index is 0.0241. The second kappa shape index (κ2) is 8.53. The van der Waals surface area contributed by atoms with Gasteiger partial charge in [0.2, 0.25) is 5.91 Å². The van der Waals surface area contributed by atoms with Gasteiger partial charge in [-0.3, -0.25) is 14.7 Å². The second-order valence-electron chi connectivity index (χ2n) is 7.42. The summed E-state index contributed by atoms with van der Waals surface area (Å²) in [5, 5.41) is 0. The number of rotatable bonds is 3. The number of nitrogens with zero attached hydrogens (tertiary/aromatic N) is 3. The molecule has 0 spiro atoms. The van der Waals surface area contributed by atoms with Gasteiger partial charge in [0.05, 0.1) is 12.3 Å². The molecule has 0 aliphatic carbocycles. The number of hydrogen-bond donors (Lipinski definition) is 0. The van der Waals surface area contributed by atoms with Crippen LogP contribution < -0.4 is 4.74 Å². The molecule has 5 nitrogen and oxygen atoms in total. The molecule has 1 atom stereocenters. The lowest BCUT2D eigenvalue weighted by Crippen LogP contribution is -2.39. The predicted octanol–water partition coefficient (Wildman–Crippen LogP) is 2.76. The van der Waals surface area contributed by atoms with Crippen molar-refractivity contribution in [3.8, 4) is 5.75 Å². The molecule has 1 amide bonds. The quantitative estimate of drug-likeness (QED) is 0.839. The van der Waals surface area contributed by atoms with Gasteiger partial charge in [0.25, 0.3) is 0 Å². The second-order valence-corrected chi connectivity index (χ2v) is 7.42. The lowest BCUT2D eigenvalue weighted by atomic mass is 9.95. The molecule has 27 heavy (non-hydrogen) atoms. The van der Waals surface area contributed by atoms with E-state index in [-0.39, 0.29) is 11.8 Å². The Morgan fingerprint density at radius 1 is 1.07 bits per heavy atom. The van der Waals surface area contributed by atoms with E-state index in [1.54, 1.807) is 0 Å². The van der Waals surface area contributed by atoms with E-state index in [0.29, 0.717) is 6.61 Å². The summed E-state index contributed by atoms with van der Waals surface area (Å²) in [6, 6.07) is 14.1. The normalized spacial score (nSPS) is 20.9. The molecule has 2 aliphatic rings. The van der Waals surface area contributed by atoms with Crippen molar-refractivity contribution in [2.75, 3.05) is 32.8 Å². The molecule has 1 fully saturated rings. The Bertz CT molecular complexity index is 765. The fourth-order valence-corrected chi connectivity index (χ4v) is 4.03. The Hall–Kier alpha value is -2.40. The third-order valence-electron chi connectivity index (χ3n) is 5.52. The van der Waals surface area contributed by atoms with Gasteiger partial charge in [-0.1, -0.05) is 24.3 Å². The molecule has 5 heteroatoms. The van der Waals surface area contributed by atoms with E-state index < -0.39 is 0 Å². The van der Waals surface area contributed by atoms with Crippen molar-refractivity contribution in [2.24, 2.45) is 5.92 Å². The fraction of sp³-hybridized carbons (Fsp3) is 0.455. The third-order valence-corrected chi connectivity index (χ3v) is 5.52. The van der Waals surface area contributed by atoms with Gasteiger partial charge in [0.1, 0.15) is 5.75 Å². The van der Waals surface area contributed by atoms with Gasteiger partial charge in [-0.2, -0.15) is 0 Å². The Morgan fingerprint density at radius 2 is 1.96 bits per heavy atom. The number of carbonyl (C=O) groups is 1. The minimum atomic E-state index is 0.0241. The smallest absolute Gasteiger partial charge is 0.226 e. The zero-order valence-corrected chi connectivity index (χ0v) is 15.7. The lowest BCUT2D eigenvalue weighted by Gasteiger charge is -2.25. The third kappa shape index (κ3) is 4.48. The summed E-state index contributed by atoms with van der Waals surface area (Å²) >= 11 is 0. The maximum Gasteiger partial charge on any atom is 0.226 e. The first-order chi connectivity index (χ1) is 13.3. The molecule has 0 saturated carbocycles. The van der Waals surface area contributed by atoms with Crippen LogP contribution in [-0.4, -0.2) is 53.5 Å². The summed E-state index contributed by atoms with van der Waals surface area (Å²) in [6.07, 6.45) is 4.43. The number of hydrogen-bond acceptors (Lipinski definition) is 4. The van der Waals surface area contributed by atoms with E-state index in [4.69, 9.17) is 4.74 Å².